The van der Waals surface area contributed by atoms with Gasteiger partial charge in [-0.2, -0.15) is 0 Å². The number of nitrogens with zero attached hydrogens (tertiary/aromatic N) is 2. The summed E-state index contributed by atoms with van der Waals surface area (Å²) in [7, 11) is 1.26. The summed E-state index contributed by atoms with van der Waals surface area (Å²) in [5.41, 5.74) is 1.31. The Morgan fingerprint density at radius 1 is 1.11 bits per heavy atom. The average Bonchev–Trinajstić information content (AvgIpc) is 3.39. The third-order valence-electron chi connectivity index (χ3n) is 5.52. The monoisotopic (exact) mass is 492 g/mol. The molecular weight excluding hydrogens is 468 g/mol. The Bertz CT molecular complexity index is 1300. The van der Waals surface area contributed by atoms with Crippen molar-refractivity contribution in [2.75, 3.05) is 18.6 Å². The highest BCUT2D eigenvalue weighted by Crippen LogP contribution is 2.44. The van der Waals surface area contributed by atoms with Gasteiger partial charge in [-0.05, 0) is 31.0 Å². The van der Waals surface area contributed by atoms with Gasteiger partial charge in [0.25, 0.3) is 5.78 Å². The van der Waals surface area contributed by atoms with Gasteiger partial charge in [-0.1, -0.05) is 60.7 Å². The third-order valence-corrected chi connectivity index (χ3v) is 6.66. The molecule has 0 saturated carbocycles. The van der Waals surface area contributed by atoms with Crippen molar-refractivity contribution in [2.24, 2.45) is 0 Å². The molecule has 4 rings (SSSR count). The molecule has 0 bridgehead atoms. The molecule has 1 aromatic heterocycles. The van der Waals surface area contributed by atoms with Crippen LogP contribution >= 0.6 is 11.3 Å². The van der Waals surface area contributed by atoms with Gasteiger partial charge in [0.05, 0.1) is 31.0 Å². The van der Waals surface area contributed by atoms with Crippen molar-refractivity contribution in [3.05, 3.63) is 81.9 Å². The van der Waals surface area contributed by atoms with E-state index in [1.54, 1.807) is 61.5 Å². The number of carbonyl (C=O) groups excluding carboxylic acids is 3. The number of thiazole rings is 1. The molecule has 35 heavy (non-hydrogen) atoms. The second-order valence-corrected chi connectivity index (χ2v) is 8.83. The summed E-state index contributed by atoms with van der Waals surface area (Å²) in [6.07, 6.45) is 0.852. The van der Waals surface area contributed by atoms with Crippen LogP contribution in [0.5, 0.6) is 5.75 Å². The number of Topliss-reactive ketones (excluding diaryl/α,β-unsaturated/α-hetero) is 1. The van der Waals surface area contributed by atoms with Crippen LogP contribution in [0.4, 0.5) is 5.13 Å². The van der Waals surface area contributed by atoms with Crippen LogP contribution in [-0.2, 0) is 14.3 Å². The molecule has 1 atom stereocenters. The number of ether oxygens (including phenoxy) is 2. The van der Waals surface area contributed by atoms with Crippen LogP contribution < -0.4 is 9.64 Å². The van der Waals surface area contributed by atoms with Crippen molar-refractivity contribution < 1.29 is 29.0 Å². The Labute approximate surface area is 206 Å². The standard InChI is InChI=1S/C26H24N2O6S/c1-4-14-34-18-12-10-16(11-13-18)20-19(21(29)17-8-6-5-7-9-17)22(30)24(31)28(20)26-27-15(2)23(35-26)25(32)33-3/h5-13,20,29H,4,14H2,1-3H3/t20-/m1/s1. The van der Waals surface area contributed by atoms with E-state index in [1.165, 1.54) is 12.0 Å². The van der Waals surface area contributed by atoms with Gasteiger partial charge in [-0.15, -0.1) is 0 Å². The number of carbonyl (C=O) groups is 3. The fraction of sp³-hybridized carbons (Fsp3) is 0.231. The largest absolute Gasteiger partial charge is 0.507 e. The fourth-order valence-corrected chi connectivity index (χ4v) is 4.84. The zero-order valence-electron chi connectivity index (χ0n) is 19.5. The molecule has 9 heteroatoms. The molecule has 0 radical (unpaired) electrons. The minimum absolute atomic E-state index is 0.0594. The quantitative estimate of drug-likeness (QED) is 0.221. The summed E-state index contributed by atoms with van der Waals surface area (Å²) in [5.74, 6) is -1.90. The number of amides is 1. The molecule has 1 amide bonds. The van der Waals surface area contributed by atoms with Crippen molar-refractivity contribution >= 4 is 39.9 Å². The number of aliphatic hydroxyl groups excluding tert-OH is 1. The van der Waals surface area contributed by atoms with Crippen molar-refractivity contribution in [3.63, 3.8) is 0 Å². The second-order valence-electron chi connectivity index (χ2n) is 7.86. The highest BCUT2D eigenvalue weighted by Gasteiger charge is 2.48. The number of rotatable bonds is 7. The normalized spacial score (nSPS) is 17.0. The van der Waals surface area contributed by atoms with Crippen molar-refractivity contribution in [1.82, 2.24) is 4.98 Å². The molecule has 1 fully saturated rings. The predicted octanol–water partition coefficient (Wildman–Crippen LogP) is 4.65. The van der Waals surface area contributed by atoms with E-state index in [2.05, 4.69) is 4.98 Å². The Kier molecular flexibility index (Phi) is 6.97. The number of ketones is 1. The Balaban J connectivity index is 1.87. The van der Waals surface area contributed by atoms with Gasteiger partial charge < -0.3 is 14.6 Å². The van der Waals surface area contributed by atoms with Crippen LogP contribution in [-0.4, -0.2) is 41.5 Å². The summed E-state index contributed by atoms with van der Waals surface area (Å²) < 4.78 is 10.5. The summed E-state index contributed by atoms with van der Waals surface area (Å²) in [4.78, 5) is 44.5. The maximum atomic E-state index is 13.3. The lowest BCUT2D eigenvalue weighted by atomic mass is 9.95. The van der Waals surface area contributed by atoms with E-state index in [4.69, 9.17) is 9.47 Å². The van der Waals surface area contributed by atoms with Crippen LogP contribution in [0.3, 0.4) is 0 Å². The van der Waals surface area contributed by atoms with Crippen molar-refractivity contribution in [2.45, 2.75) is 26.3 Å². The van der Waals surface area contributed by atoms with Gasteiger partial charge in [0.15, 0.2) is 5.13 Å². The van der Waals surface area contributed by atoms with Gasteiger partial charge in [0.1, 0.15) is 16.4 Å². The Morgan fingerprint density at radius 3 is 2.43 bits per heavy atom. The topological polar surface area (TPSA) is 106 Å². The van der Waals surface area contributed by atoms with Crippen LogP contribution in [0.25, 0.3) is 5.76 Å². The van der Waals surface area contributed by atoms with E-state index < -0.39 is 23.7 Å². The van der Waals surface area contributed by atoms with Crippen molar-refractivity contribution in [1.29, 1.82) is 0 Å². The highest BCUT2D eigenvalue weighted by molar-refractivity contribution is 7.17. The number of esters is 1. The second kappa shape index (κ2) is 10.1. The molecule has 180 valence electrons. The van der Waals surface area contributed by atoms with Gasteiger partial charge in [-0.3, -0.25) is 14.5 Å². The van der Waals surface area contributed by atoms with E-state index in [-0.39, 0.29) is 21.3 Å². The summed E-state index contributed by atoms with van der Waals surface area (Å²) in [6.45, 7) is 4.19. The molecule has 3 aromatic rings. The average molecular weight is 493 g/mol. The molecule has 8 nitrogen and oxygen atoms in total. The molecule has 2 heterocycles. The Morgan fingerprint density at radius 2 is 1.80 bits per heavy atom. The SMILES string of the molecule is CCCOc1ccc([C@@H]2C(=C(O)c3ccccc3)C(=O)C(=O)N2c2nc(C)c(C(=O)OC)s2)cc1. The number of hydrogen-bond acceptors (Lipinski definition) is 8. The number of aryl methyl sites for hydroxylation is 1. The first-order valence-corrected chi connectivity index (χ1v) is 11.8. The first-order valence-electron chi connectivity index (χ1n) is 11.0. The lowest BCUT2D eigenvalue weighted by Crippen LogP contribution is -2.29. The predicted molar refractivity (Wildman–Crippen MR) is 132 cm³/mol. The molecule has 0 spiro atoms. The number of benzene rings is 2. The van der Waals surface area contributed by atoms with E-state index in [1.807, 2.05) is 6.92 Å². The van der Waals surface area contributed by atoms with Gasteiger partial charge in [0, 0.05) is 5.56 Å². The minimum Gasteiger partial charge on any atom is -0.507 e. The number of hydrogen-bond donors (Lipinski definition) is 1. The Hall–Kier alpha value is -3.98. The van der Waals surface area contributed by atoms with Crippen LogP contribution in [0.15, 0.2) is 60.2 Å². The summed E-state index contributed by atoms with van der Waals surface area (Å²) >= 11 is 0.956. The van der Waals surface area contributed by atoms with E-state index in [0.717, 1.165) is 17.8 Å². The first kappa shape index (κ1) is 24.2. The smallest absolute Gasteiger partial charge is 0.350 e. The fourth-order valence-electron chi connectivity index (χ4n) is 3.83. The number of aliphatic hydroxyl groups is 1. The van der Waals surface area contributed by atoms with E-state index in [9.17, 15) is 19.5 Å². The summed E-state index contributed by atoms with van der Waals surface area (Å²) in [6, 6.07) is 14.6. The molecule has 1 aliphatic rings. The maximum absolute atomic E-state index is 13.3. The molecule has 0 unspecified atom stereocenters. The van der Waals surface area contributed by atoms with Crippen molar-refractivity contribution in [3.8, 4) is 5.75 Å². The van der Waals surface area contributed by atoms with Gasteiger partial charge in [-0.25, -0.2) is 9.78 Å². The lowest BCUT2D eigenvalue weighted by Gasteiger charge is -2.23. The molecule has 0 aliphatic carbocycles. The maximum Gasteiger partial charge on any atom is 0.350 e. The number of methoxy groups -OCH3 is 1. The molecule has 1 aliphatic heterocycles. The zero-order valence-corrected chi connectivity index (χ0v) is 20.3. The third kappa shape index (κ3) is 4.54. The van der Waals surface area contributed by atoms with Crippen LogP contribution in [0.2, 0.25) is 0 Å². The number of anilines is 1. The van der Waals surface area contributed by atoms with Gasteiger partial charge in [0.2, 0.25) is 0 Å². The van der Waals surface area contributed by atoms with E-state index in [0.29, 0.717) is 29.2 Å². The number of aromatic nitrogens is 1. The zero-order chi connectivity index (χ0) is 25.1. The molecule has 1 N–H and O–H groups in total. The van der Waals surface area contributed by atoms with E-state index >= 15 is 0 Å². The van der Waals surface area contributed by atoms with Crippen LogP contribution in [0, 0.1) is 6.92 Å². The molecule has 1 saturated heterocycles. The lowest BCUT2D eigenvalue weighted by molar-refractivity contribution is -0.132. The molecule has 2 aromatic carbocycles. The van der Waals surface area contributed by atoms with Gasteiger partial charge >= 0.3 is 11.9 Å². The summed E-state index contributed by atoms with van der Waals surface area (Å²) in [5, 5.41) is 11.3. The molecular formula is C26H24N2O6S. The first-order chi connectivity index (χ1) is 16.9. The minimum atomic E-state index is -0.952. The van der Waals surface area contributed by atoms with Crippen LogP contribution in [0.1, 0.15) is 45.9 Å². The highest BCUT2D eigenvalue weighted by atomic mass is 32.1.